The van der Waals surface area contributed by atoms with Crippen LogP contribution in [0.25, 0.3) is 0 Å². The first kappa shape index (κ1) is 12.6. The van der Waals surface area contributed by atoms with Crippen LogP contribution in [0.1, 0.15) is 31.2 Å². The average molecular weight is 253 g/mol. The molecule has 2 unspecified atom stereocenters. The van der Waals surface area contributed by atoms with Crippen LogP contribution >= 0.6 is 0 Å². The molecule has 1 aliphatic rings. The van der Waals surface area contributed by atoms with Crippen LogP contribution < -0.4 is 5.73 Å². The molecule has 1 aromatic rings. The Labute approximate surface area is 103 Å². The van der Waals surface area contributed by atoms with Crippen molar-refractivity contribution in [2.45, 2.75) is 42.7 Å². The molecule has 2 rings (SSSR count). The molecule has 3 nitrogen and oxygen atoms in total. The summed E-state index contributed by atoms with van der Waals surface area (Å²) in [5, 5.41) is -0.244. The lowest BCUT2D eigenvalue weighted by atomic mass is 9.96. The van der Waals surface area contributed by atoms with E-state index in [0.29, 0.717) is 6.42 Å². The lowest BCUT2D eigenvalue weighted by Crippen LogP contribution is -2.35. The van der Waals surface area contributed by atoms with Crippen molar-refractivity contribution >= 4 is 9.84 Å². The third-order valence-corrected chi connectivity index (χ3v) is 5.56. The highest BCUT2D eigenvalue weighted by Gasteiger charge is 2.30. The van der Waals surface area contributed by atoms with E-state index in [0.717, 1.165) is 24.8 Å². The summed E-state index contributed by atoms with van der Waals surface area (Å²) in [6, 6.07) is 9.42. The van der Waals surface area contributed by atoms with Gasteiger partial charge in [0.15, 0.2) is 9.84 Å². The lowest BCUT2D eigenvalue weighted by molar-refractivity contribution is 0.433. The van der Waals surface area contributed by atoms with E-state index in [4.69, 9.17) is 5.73 Å². The maximum Gasteiger partial charge on any atom is 0.157 e. The molecule has 0 heterocycles. The third-order valence-electron chi connectivity index (χ3n) is 3.39. The van der Waals surface area contributed by atoms with Crippen LogP contribution in [0.5, 0.6) is 0 Å². The molecule has 0 radical (unpaired) electrons. The smallest absolute Gasteiger partial charge is 0.157 e. The first-order valence-electron chi connectivity index (χ1n) is 6.09. The Morgan fingerprint density at radius 1 is 1.18 bits per heavy atom. The highest BCUT2D eigenvalue weighted by atomic mass is 32.2. The van der Waals surface area contributed by atoms with E-state index in [2.05, 4.69) is 0 Å². The molecule has 0 saturated heterocycles. The van der Waals surface area contributed by atoms with Crippen molar-refractivity contribution in [1.82, 2.24) is 0 Å². The first-order chi connectivity index (χ1) is 8.08. The van der Waals surface area contributed by atoms with Gasteiger partial charge in [-0.15, -0.1) is 0 Å². The predicted molar refractivity (Wildman–Crippen MR) is 69.3 cm³/mol. The summed E-state index contributed by atoms with van der Waals surface area (Å²) >= 11 is 0. The van der Waals surface area contributed by atoms with Crippen molar-refractivity contribution in [3.05, 3.63) is 35.9 Å². The zero-order valence-corrected chi connectivity index (χ0v) is 10.7. The van der Waals surface area contributed by atoms with Gasteiger partial charge in [0.05, 0.1) is 11.0 Å². The molecule has 0 spiro atoms. The van der Waals surface area contributed by atoms with Crippen LogP contribution in [0, 0.1) is 0 Å². The van der Waals surface area contributed by atoms with Gasteiger partial charge in [-0.1, -0.05) is 36.8 Å². The SMILES string of the molecule is NC1CCCC(S(=O)(=O)Cc2ccccc2)C1. The van der Waals surface area contributed by atoms with Gasteiger partial charge < -0.3 is 5.73 Å². The summed E-state index contributed by atoms with van der Waals surface area (Å²) in [5.41, 5.74) is 6.72. The van der Waals surface area contributed by atoms with Crippen LogP contribution in [0.15, 0.2) is 30.3 Å². The van der Waals surface area contributed by atoms with E-state index in [-0.39, 0.29) is 17.0 Å². The Morgan fingerprint density at radius 2 is 1.88 bits per heavy atom. The average Bonchev–Trinajstić information content (AvgIpc) is 2.30. The number of hydrogen-bond donors (Lipinski definition) is 1. The Hall–Kier alpha value is -0.870. The van der Waals surface area contributed by atoms with Gasteiger partial charge >= 0.3 is 0 Å². The standard InChI is InChI=1S/C13H19NO2S/c14-12-7-4-8-13(9-12)17(15,16)10-11-5-2-1-3-6-11/h1-3,5-6,12-13H,4,7-10,14H2. The van der Waals surface area contributed by atoms with Gasteiger partial charge in [0.1, 0.15) is 0 Å². The second-order valence-electron chi connectivity index (χ2n) is 4.84. The Morgan fingerprint density at radius 3 is 2.53 bits per heavy atom. The van der Waals surface area contributed by atoms with E-state index < -0.39 is 9.84 Å². The monoisotopic (exact) mass is 253 g/mol. The fourth-order valence-electron chi connectivity index (χ4n) is 2.43. The van der Waals surface area contributed by atoms with Crippen molar-refractivity contribution in [3.63, 3.8) is 0 Å². The molecular weight excluding hydrogens is 234 g/mol. The van der Waals surface area contributed by atoms with Gasteiger partial charge in [-0.3, -0.25) is 0 Å². The first-order valence-corrected chi connectivity index (χ1v) is 7.80. The lowest BCUT2D eigenvalue weighted by Gasteiger charge is -2.26. The normalized spacial score (nSPS) is 25.7. The molecule has 0 amide bonds. The molecule has 0 bridgehead atoms. The van der Waals surface area contributed by atoms with Gasteiger partial charge in [-0.25, -0.2) is 8.42 Å². The number of benzene rings is 1. The zero-order chi connectivity index (χ0) is 12.3. The molecule has 2 atom stereocenters. The van der Waals surface area contributed by atoms with Crippen LogP contribution in [-0.2, 0) is 15.6 Å². The van der Waals surface area contributed by atoms with Crippen LogP contribution in [0.4, 0.5) is 0 Å². The van der Waals surface area contributed by atoms with Crippen molar-refractivity contribution in [2.75, 3.05) is 0 Å². The molecule has 0 aliphatic heterocycles. The third kappa shape index (κ3) is 3.30. The van der Waals surface area contributed by atoms with Crippen molar-refractivity contribution in [1.29, 1.82) is 0 Å². The summed E-state index contributed by atoms with van der Waals surface area (Å²) in [7, 11) is -3.05. The van der Waals surface area contributed by atoms with E-state index in [1.165, 1.54) is 0 Å². The van der Waals surface area contributed by atoms with E-state index in [9.17, 15) is 8.42 Å². The Balaban J connectivity index is 2.08. The summed E-state index contributed by atoms with van der Waals surface area (Å²) < 4.78 is 24.5. The quantitative estimate of drug-likeness (QED) is 0.894. The summed E-state index contributed by atoms with van der Waals surface area (Å²) in [5.74, 6) is 0.144. The van der Waals surface area contributed by atoms with Gasteiger partial charge in [0.2, 0.25) is 0 Å². The topological polar surface area (TPSA) is 60.2 Å². The Kier molecular flexibility index (Phi) is 3.84. The van der Waals surface area contributed by atoms with Crippen LogP contribution in [0.3, 0.4) is 0 Å². The highest BCUT2D eigenvalue weighted by Crippen LogP contribution is 2.25. The maximum absolute atomic E-state index is 12.2. The van der Waals surface area contributed by atoms with Crippen LogP contribution in [0.2, 0.25) is 0 Å². The number of nitrogens with two attached hydrogens (primary N) is 1. The highest BCUT2D eigenvalue weighted by molar-refractivity contribution is 7.91. The van der Waals surface area contributed by atoms with Gasteiger partial charge in [-0.2, -0.15) is 0 Å². The number of sulfone groups is 1. The minimum absolute atomic E-state index is 0.0549. The molecule has 17 heavy (non-hydrogen) atoms. The fraction of sp³-hybridized carbons (Fsp3) is 0.538. The molecule has 1 aromatic carbocycles. The van der Waals surface area contributed by atoms with Gasteiger partial charge in [0, 0.05) is 6.04 Å². The molecule has 1 fully saturated rings. The van der Waals surface area contributed by atoms with Crippen LogP contribution in [-0.4, -0.2) is 19.7 Å². The zero-order valence-electron chi connectivity index (χ0n) is 9.88. The summed E-state index contributed by atoms with van der Waals surface area (Å²) in [6.45, 7) is 0. The van der Waals surface area contributed by atoms with Gasteiger partial charge in [0.25, 0.3) is 0 Å². The number of rotatable bonds is 3. The van der Waals surface area contributed by atoms with Crippen molar-refractivity contribution in [2.24, 2.45) is 5.73 Å². The largest absolute Gasteiger partial charge is 0.328 e. The maximum atomic E-state index is 12.2. The predicted octanol–water partition coefficient (Wildman–Crippen LogP) is 1.87. The second kappa shape index (κ2) is 5.19. The van der Waals surface area contributed by atoms with Crippen molar-refractivity contribution < 1.29 is 8.42 Å². The summed E-state index contributed by atoms with van der Waals surface area (Å²) in [6.07, 6.45) is 3.27. The minimum Gasteiger partial charge on any atom is -0.328 e. The molecule has 1 aliphatic carbocycles. The molecule has 1 saturated carbocycles. The molecular formula is C13H19NO2S. The molecule has 0 aromatic heterocycles. The number of hydrogen-bond acceptors (Lipinski definition) is 3. The Bertz CT molecular complexity index is 456. The fourth-order valence-corrected chi connectivity index (χ4v) is 4.39. The molecule has 2 N–H and O–H groups in total. The minimum atomic E-state index is -3.05. The second-order valence-corrected chi connectivity index (χ2v) is 7.12. The molecule has 4 heteroatoms. The molecule has 94 valence electrons. The van der Waals surface area contributed by atoms with Crippen molar-refractivity contribution in [3.8, 4) is 0 Å². The van der Waals surface area contributed by atoms with E-state index in [1.54, 1.807) is 0 Å². The summed E-state index contributed by atoms with van der Waals surface area (Å²) in [4.78, 5) is 0. The van der Waals surface area contributed by atoms with Gasteiger partial charge in [-0.05, 0) is 24.8 Å². The van der Waals surface area contributed by atoms with E-state index >= 15 is 0 Å². The van der Waals surface area contributed by atoms with E-state index in [1.807, 2.05) is 30.3 Å².